The zero-order valence-electron chi connectivity index (χ0n) is 16.4. The molecular weight excluding hydrogens is 423 g/mol. The minimum Gasteiger partial charge on any atom is -0.388 e. The first-order valence-electron chi connectivity index (χ1n) is 9.36. The summed E-state index contributed by atoms with van der Waals surface area (Å²) in [7, 11) is -2.40. The highest BCUT2D eigenvalue weighted by molar-refractivity contribution is 8.03. The van der Waals surface area contributed by atoms with Crippen molar-refractivity contribution in [3.63, 3.8) is 0 Å². The third kappa shape index (κ3) is 4.80. The van der Waals surface area contributed by atoms with E-state index in [1.165, 1.54) is 34.6 Å². The Balaban J connectivity index is 1.58. The van der Waals surface area contributed by atoms with E-state index in [9.17, 15) is 18.2 Å². The van der Waals surface area contributed by atoms with Gasteiger partial charge in [-0.3, -0.25) is 14.0 Å². The number of aromatic nitrogens is 3. The highest BCUT2D eigenvalue weighted by Gasteiger charge is 2.29. The molecule has 1 aliphatic rings. The molecule has 8 nitrogen and oxygen atoms in total. The Kier molecular flexibility index (Phi) is 5.55. The number of nitrogens with zero attached hydrogens (tertiary/aromatic N) is 4. The molecule has 0 radical (unpaired) electrons. The fourth-order valence-electron chi connectivity index (χ4n) is 3.24. The van der Waals surface area contributed by atoms with Gasteiger partial charge in [-0.05, 0) is 62.8 Å². The van der Waals surface area contributed by atoms with E-state index in [1.54, 1.807) is 30.6 Å². The summed E-state index contributed by atoms with van der Waals surface area (Å²) >= 11 is 0. The van der Waals surface area contributed by atoms with Crippen LogP contribution in [0.5, 0.6) is 0 Å². The summed E-state index contributed by atoms with van der Waals surface area (Å²) in [4.78, 5) is 30.9. The summed E-state index contributed by atoms with van der Waals surface area (Å²) in [5.41, 5.74) is 1.24. The standard InChI is InChI=1S/C21H19FN4O4S/c1-31(29)11-8-18(14-31)25(12-15-6-9-23-10-7-15)19(27)13-26-21(28)30-20(24-26)16-2-4-17(22)5-3-16/h2-11,18H,1,12-14H2. The number of rotatable bonds is 6. The van der Waals surface area contributed by atoms with Gasteiger partial charge in [0.25, 0.3) is 0 Å². The van der Waals surface area contributed by atoms with E-state index in [0.29, 0.717) is 5.56 Å². The zero-order chi connectivity index (χ0) is 22.0. The Morgan fingerprint density at radius 3 is 2.61 bits per heavy atom. The second-order valence-corrected chi connectivity index (χ2v) is 9.49. The molecule has 1 amide bonds. The second kappa shape index (κ2) is 8.31. The van der Waals surface area contributed by atoms with Crippen molar-refractivity contribution in [1.82, 2.24) is 19.7 Å². The lowest BCUT2D eigenvalue weighted by Gasteiger charge is -2.28. The van der Waals surface area contributed by atoms with Gasteiger partial charge in [-0.15, -0.1) is 5.10 Å². The fourth-order valence-corrected chi connectivity index (χ4v) is 4.69. The van der Waals surface area contributed by atoms with Crippen LogP contribution in [0.3, 0.4) is 0 Å². The van der Waals surface area contributed by atoms with E-state index in [1.807, 2.05) is 0 Å². The third-order valence-electron chi connectivity index (χ3n) is 4.81. The molecule has 0 bridgehead atoms. The lowest BCUT2D eigenvalue weighted by Crippen LogP contribution is -2.43. The molecule has 0 N–H and O–H groups in total. The normalized spacial score (nSPS) is 20.1. The van der Waals surface area contributed by atoms with Gasteiger partial charge in [-0.25, -0.2) is 9.18 Å². The fraction of sp³-hybridized carbons (Fsp3) is 0.190. The molecule has 2 aromatic heterocycles. The number of benzene rings is 1. The van der Waals surface area contributed by atoms with Crippen molar-refractivity contribution in [3.05, 3.63) is 82.2 Å². The molecule has 2 unspecified atom stereocenters. The quantitative estimate of drug-likeness (QED) is 0.539. The maximum Gasteiger partial charge on any atom is 0.437 e. The van der Waals surface area contributed by atoms with Crippen molar-refractivity contribution >= 4 is 21.3 Å². The van der Waals surface area contributed by atoms with Gasteiger partial charge in [0.15, 0.2) is 0 Å². The van der Waals surface area contributed by atoms with Gasteiger partial charge in [-0.1, -0.05) is 6.08 Å². The molecule has 3 heterocycles. The number of halogens is 1. The topological polar surface area (TPSA) is 98.3 Å². The van der Waals surface area contributed by atoms with Crippen molar-refractivity contribution in [2.45, 2.75) is 19.1 Å². The van der Waals surface area contributed by atoms with E-state index >= 15 is 0 Å². The number of hydrogen-bond donors (Lipinski definition) is 0. The van der Waals surface area contributed by atoms with Crippen LogP contribution < -0.4 is 5.76 Å². The van der Waals surface area contributed by atoms with E-state index in [-0.39, 0.29) is 24.7 Å². The minimum absolute atomic E-state index is 0.0139. The first-order chi connectivity index (χ1) is 14.8. The van der Waals surface area contributed by atoms with Crippen molar-refractivity contribution < 1.29 is 17.8 Å². The summed E-state index contributed by atoms with van der Waals surface area (Å²) < 4.78 is 31.5. The van der Waals surface area contributed by atoms with Crippen molar-refractivity contribution in [1.29, 1.82) is 0 Å². The van der Waals surface area contributed by atoms with Crippen LogP contribution in [-0.4, -0.2) is 47.4 Å². The van der Waals surface area contributed by atoms with Crippen LogP contribution in [0.1, 0.15) is 5.56 Å². The summed E-state index contributed by atoms with van der Waals surface area (Å²) in [5, 5.41) is 5.59. The molecule has 1 aliphatic heterocycles. The lowest BCUT2D eigenvalue weighted by molar-refractivity contribution is -0.133. The Labute approximate surface area is 177 Å². The average molecular weight is 442 g/mol. The molecule has 0 fully saturated rings. The van der Waals surface area contributed by atoms with Crippen molar-refractivity contribution in [2.24, 2.45) is 0 Å². The highest BCUT2D eigenvalue weighted by Crippen LogP contribution is 2.19. The molecule has 10 heteroatoms. The first-order valence-corrected chi connectivity index (χ1v) is 11.3. The predicted octanol–water partition coefficient (Wildman–Crippen LogP) is 1.68. The number of hydrogen-bond acceptors (Lipinski definition) is 6. The summed E-state index contributed by atoms with van der Waals surface area (Å²) in [5.74, 6) is 2.25. The summed E-state index contributed by atoms with van der Waals surface area (Å²) in [6, 6.07) is 8.42. The Morgan fingerprint density at radius 2 is 1.97 bits per heavy atom. The van der Waals surface area contributed by atoms with Crippen LogP contribution >= 0.6 is 0 Å². The first kappa shape index (κ1) is 20.7. The number of carbonyl (C=O) groups is 1. The van der Waals surface area contributed by atoms with Crippen LogP contribution in [0.25, 0.3) is 11.5 Å². The highest BCUT2D eigenvalue weighted by atomic mass is 32.2. The van der Waals surface area contributed by atoms with E-state index in [2.05, 4.69) is 16.0 Å². The monoisotopic (exact) mass is 442 g/mol. The molecule has 0 spiro atoms. The number of amides is 1. The summed E-state index contributed by atoms with van der Waals surface area (Å²) in [6.45, 7) is -0.124. The predicted molar refractivity (Wildman–Crippen MR) is 114 cm³/mol. The van der Waals surface area contributed by atoms with Gasteiger partial charge >= 0.3 is 5.76 Å². The van der Waals surface area contributed by atoms with Crippen LogP contribution in [0.15, 0.2) is 69.5 Å². The molecule has 4 rings (SSSR count). The Hall–Kier alpha value is -3.53. The molecule has 0 saturated heterocycles. The maximum atomic E-state index is 13.1. The van der Waals surface area contributed by atoms with Crippen LogP contribution in [0, 0.1) is 5.82 Å². The molecule has 0 aliphatic carbocycles. The SMILES string of the molecule is C=S1(=O)C=CC(N(Cc2ccncc2)C(=O)Cn2nc(-c3ccc(F)cc3)oc2=O)C1. The van der Waals surface area contributed by atoms with E-state index in [0.717, 1.165) is 10.2 Å². The van der Waals surface area contributed by atoms with Crippen LogP contribution in [-0.2, 0) is 27.4 Å². The maximum absolute atomic E-state index is 13.1. The lowest BCUT2D eigenvalue weighted by atomic mass is 10.2. The largest absolute Gasteiger partial charge is 0.437 e. The number of pyridine rings is 1. The van der Waals surface area contributed by atoms with Gasteiger partial charge in [0, 0.05) is 30.3 Å². The van der Waals surface area contributed by atoms with Crippen LogP contribution in [0.2, 0.25) is 0 Å². The van der Waals surface area contributed by atoms with E-state index < -0.39 is 33.0 Å². The van der Waals surface area contributed by atoms with Crippen molar-refractivity contribution in [3.8, 4) is 11.5 Å². The average Bonchev–Trinajstić information content (AvgIpc) is 3.29. The molecular formula is C21H19FN4O4S. The van der Waals surface area contributed by atoms with Gasteiger partial charge in [-0.2, -0.15) is 4.68 Å². The van der Waals surface area contributed by atoms with Gasteiger partial charge in [0.05, 0.1) is 6.04 Å². The second-order valence-electron chi connectivity index (χ2n) is 7.15. The van der Waals surface area contributed by atoms with Crippen molar-refractivity contribution in [2.75, 3.05) is 5.75 Å². The third-order valence-corrected chi connectivity index (χ3v) is 6.37. The Morgan fingerprint density at radius 1 is 1.26 bits per heavy atom. The molecule has 2 atom stereocenters. The molecule has 0 saturated carbocycles. The van der Waals surface area contributed by atoms with E-state index in [4.69, 9.17) is 4.42 Å². The molecule has 31 heavy (non-hydrogen) atoms. The van der Waals surface area contributed by atoms with Gasteiger partial charge in [0.2, 0.25) is 11.8 Å². The minimum atomic E-state index is -2.40. The molecule has 3 aromatic rings. The van der Waals surface area contributed by atoms with Gasteiger partial charge < -0.3 is 9.32 Å². The van der Waals surface area contributed by atoms with Gasteiger partial charge in [0.1, 0.15) is 12.4 Å². The number of carbonyl (C=O) groups excluding carboxylic acids is 1. The Bertz CT molecular complexity index is 1280. The zero-order valence-corrected chi connectivity index (χ0v) is 17.2. The molecule has 1 aromatic carbocycles. The summed E-state index contributed by atoms with van der Waals surface area (Å²) in [6.07, 6.45) is 4.93. The van der Waals surface area contributed by atoms with Crippen LogP contribution in [0.4, 0.5) is 4.39 Å². The molecule has 160 valence electrons. The smallest absolute Gasteiger partial charge is 0.388 e.